The van der Waals surface area contributed by atoms with Gasteiger partial charge in [0.25, 0.3) is 0 Å². The lowest BCUT2D eigenvalue weighted by molar-refractivity contribution is -0.125. The maximum atomic E-state index is 13.1. The molecule has 1 aliphatic heterocycles. The number of amidine groups is 1. The highest BCUT2D eigenvalue weighted by Crippen LogP contribution is 2.22. The summed E-state index contributed by atoms with van der Waals surface area (Å²) in [5, 5.41) is 5.78. The Morgan fingerprint density at radius 3 is 2.69 bits per heavy atom. The molecule has 0 saturated heterocycles. The number of amides is 1. The molecule has 2 N–H and O–H groups in total. The topological polar surface area (TPSA) is 90.9 Å². The van der Waals surface area contributed by atoms with Crippen molar-refractivity contribution in [2.45, 2.75) is 11.4 Å². The molecule has 1 aliphatic rings. The molecule has 170 valence electrons. The monoisotopic (exact) mass is 478 g/mol. The van der Waals surface area contributed by atoms with E-state index in [1.165, 1.54) is 6.08 Å². The third kappa shape index (κ3) is 6.38. The van der Waals surface area contributed by atoms with Gasteiger partial charge in [0, 0.05) is 38.3 Å². The smallest absolute Gasteiger partial charge is 0.246 e. The van der Waals surface area contributed by atoms with E-state index in [1.54, 1.807) is 18.0 Å². The Labute approximate surface area is 191 Å². The lowest BCUT2D eigenvalue weighted by Crippen LogP contribution is -2.26. The highest BCUT2D eigenvalue weighted by molar-refractivity contribution is 7.91. The number of rotatable bonds is 9. The van der Waals surface area contributed by atoms with Gasteiger partial charge >= 0.3 is 0 Å². The molecule has 0 aromatic heterocycles. The molecule has 7 nitrogen and oxygen atoms in total. The van der Waals surface area contributed by atoms with E-state index < -0.39 is 15.7 Å². The zero-order chi connectivity index (χ0) is 23.1. The zero-order valence-corrected chi connectivity index (χ0v) is 19.1. The molecular weight excluding hydrogens is 455 g/mol. The number of benzene rings is 2. The summed E-state index contributed by atoms with van der Waals surface area (Å²) < 4.78 is 37.7. The first kappa shape index (κ1) is 23.9. The van der Waals surface area contributed by atoms with Crippen LogP contribution in [0, 0.1) is 5.82 Å². The third-order valence-corrected chi connectivity index (χ3v) is 6.78. The SMILES string of the molecule is CN(Cc1ccc(C2=NCCN2)cc1)C(=O)/C=C/CNCS(=O)(=O)c1ccc(F)cc1Cl. The standard InChI is InChI=1S/C22H24ClFN4O3S/c1-28(14-16-4-6-17(7-5-16)22-26-11-12-27-22)21(29)3-2-10-25-15-32(30,31)20-9-8-18(24)13-19(20)23/h2-9,13,25H,10-12,14-15H2,1H3,(H,26,27)/b3-2+. The Morgan fingerprint density at radius 2 is 2.03 bits per heavy atom. The van der Waals surface area contributed by atoms with Gasteiger partial charge < -0.3 is 10.2 Å². The van der Waals surface area contributed by atoms with Crippen LogP contribution in [0.1, 0.15) is 11.1 Å². The second kappa shape index (κ2) is 10.7. The summed E-state index contributed by atoms with van der Waals surface area (Å²) in [4.78, 5) is 18.1. The van der Waals surface area contributed by atoms with Gasteiger partial charge in [-0.1, -0.05) is 41.9 Å². The van der Waals surface area contributed by atoms with Crippen LogP contribution in [0.15, 0.2) is 64.5 Å². The fourth-order valence-corrected chi connectivity index (χ4v) is 4.77. The van der Waals surface area contributed by atoms with Crippen LogP contribution in [0.5, 0.6) is 0 Å². The van der Waals surface area contributed by atoms with Gasteiger partial charge in [-0.15, -0.1) is 0 Å². The largest absolute Gasteiger partial charge is 0.368 e. The molecule has 3 rings (SSSR count). The minimum absolute atomic E-state index is 0.144. The van der Waals surface area contributed by atoms with Crippen molar-refractivity contribution in [2.24, 2.45) is 4.99 Å². The van der Waals surface area contributed by atoms with Gasteiger partial charge in [-0.3, -0.25) is 15.1 Å². The lowest BCUT2D eigenvalue weighted by atomic mass is 10.1. The number of halogens is 2. The van der Waals surface area contributed by atoms with Crippen molar-refractivity contribution in [2.75, 3.05) is 32.6 Å². The van der Waals surface area contributed by atoms with E-state index in [2.05, 4.69) is 15.6 Å². The fraction of sp³-hybridized carbons (Fsp3) is 0.273. The molecule has 0 bridgehead atoms. The Kier molecular flexibility index (Phi) is 8.00. The number of likely N-dealkylation sites (N-methyl/N-ethyl adjacent to an activating group) is 1. The van der Waals surface area contributed by atoms with Crippen molar-refractivity contribution in [3.63, 3.8) is 0 Å². The predicted octanol–water partition coefficient (Wildman–Crippen LogP) is 2.36. The fourth-order valence-electron chi connectivity index (χ4n) is 3.08. The van der Waals surface area contributed by atoms with E-state index in [4.69, 9.17) is 11.6 Å². The van der Waals surface area contributed by atoms with Gasteiger partial charge in [-0.05, 0) is 23.8 Å². The van der Waals surface area contributed by atoms with Crippen LogP contribution in [0.2, 0.25) is 5.02 Å². The van der Waals surface area contributed by atoms with Crippen molar-refractivity contribution < 1.29 is 17.6 Å². The molecule has 10 heteroatoms. The van der Waals surface area contributed by atoms with Gasteiger partial charge in [0.1, 0.15) is 17.5 Å². The van der Waals surface area contributed by atoms with E-state index in [0.29, 0.717) is 6.54 Å². The van der Waals surface area contributed by atoms with E-state index in [1.807, 2.05) is 24.3 Å². The summed E-state index contributed by atoms with van der Waals surface area (Å²) in [5.41, 5.74) is 2.00. The van der Waals surface area contributed by atoms with Gasteiger partial charge in [-0.25, -0.2) is 12.8 Å². The van der Waals surface area contributed by atoms with Gasteiger partial charge in [0.2, 0.25) is 5.91 Å². The summed E-state index contributed by atoms with van der Waals surface area (Å²) in [6, 6.07) is 11.0. The van der Waals surface area contributed by atoms with Crippen molar-refractivity contribution in [3.8, 4) is 0 Å². The van der Waals surface area contributed by atoms with E-state index in [-0.39, 0.29) is 28.2 Å². The highest BCUT2D eigenvalue weighted by atomic mass is 35.5. The van der Waals surface area contributed by atoms with Crippen LogP contribution in [0.4, 0.5) is 4.39 Å². The average Bonchev–Trinajstić information content (AvgIpc) is 3.28. The average molecular weight is 479 g/mol. The quantitative estimate of drug-likeness (QED) is 0.328. The predicted molar refractivity (Wildman–Crippen MR) is 123 cm³/mol. The van der Waals surface area contributed by atoms with Crippen LogP contribution in [-0.2, 0) is 21.2 Å². The molecule has 0 atom stereocenters. The minimum atomic E-state index is -3.73. The van der Waals surface area contributed by atoms with Crippen LogP contribution in [-0.4, -0.2) is 57.6 Å². The van der Waals surface area contributed by atoms with E-state index in [0.717, 1.165) is 48.3 Å². The van der Waals surface area contributed by atoms with Gasteiger partial charge in [0.05, 0.1) is 16.5 Å². The first-order chi connectivity index (χ1) is 15.3. The second-order valence-corrected chi connectivity index (χ2v) is 9.60. The number of sulfone groups is 1. The van der Waals surface area contributed by atoms with Crippen LogP contribution >= 0.6 is 11.6 Å². The number of nitrogens with one attached hydrogen (secondary N) is 2. The summed E-state index contributed by atoms with van der Waals surface area (Å²) in [5.74, 6) is -0.315. The molecular formula is C22H24ClFN4O3S. The number of hydrogen-bond acceptors (Lipinski definition) is 6. The second-order valence-electron chi connectivity index (χ2n) is 7.24. The van der Waals surface area contributed by atoms with Crippen molar-refractivity contribution in [1.29, 1.82) is 0 Å². The van der Waals surface area contributed by atoms with Gasteiger partial charge in [-0.2, -0.15) is 0 Å². The highest BCUT2D eigenvalue weighted by Gasteiger charge is 2.18. The molecule has 1 heterocycles. The maximum Gasteiger partial charge on any atom is 0.246 e. The Bertz CT molecular complexity index is 1130. The third-order valence-electron chi connectivity index (χ3n) is 4.74. The van der Waals surface area contributed by atoms with E-state index >= 15 is 0 Å². The lowest BCUT2D eigenvalue weighted by Gasteiger charge is -2.15. The van der Waals surface area contributed by atoms with Crippen LogP contribution < -0.4 is 10.6 Å². The molecule has 32 heavy (non-hydrogen) atoms. The first-order valence-corrected chi connectivity index (χ1v) is 12.0. The van der Waals surface area contributed by atoms with Crippen LogP contribution in [0.3, 0.4) is 0 Å². The normalized spacial score (nSPS) is 13.8. The molecule has 0 radical (unpaired) electrons. The molecule has 0 fully saturated rings. The summed E-state index contributed by atoms with van der Waals surface area (Å²) in [6.07, 6.45) is 2.93. The number of carbonyl (C=O) groups excluding carboxylic acids is 1. The molecule has 0 saturated carbocycles. The van der Waals surface area contributed by atoms with Gasteiger partial charge in [0.15, 0.2) is 9.84 Å². The maximum absolute atomic E-state index is 13.1. The number of nitrogens with zero attached hydrogens (tertiary/aromatic N) is 2. The number of aliphatic imine (C=N–C) groups is 1. The Balaban J connectivity index is 1.45. The molecule has 0 aliphatic carbocycles. The zero-order valence-electron chi connectivity index (χ0n) is 17.5. The summed E-state index contributed by atoms with van der Waals surface area (Å²) in [7, 11) is -2.04. The van der Waals surface area contributed by atoms with Crippen molar-refractivity contribution in [1.82, 2.24) is 15.5 Å². The summed E-state index contributed by atoms with van der Waals surface area (Å²) in [6.45, 7) is 2.23. The molecule has 0 spiro atoms. The number of hydrogen-bond donors (Lipinski definition) is 2. The van der Waals surface area contributed by atoms with Crippen molar-refractivity contribution >= 4 is 33.2 Å². The number of carbonyl (C=O) groups is 1. The molecule has 1 amide bonds. The summed E-state index contributed by atoms with van der Waals surface area (Å²) >= 11 is 5.82. The van der Waals surface area contributed by atoms with Crippen LogP contribution in [0.25, 0.3) is 0 Å². The van der Waals surface area contributed by atoms with Crippen molar-refractivity contribution in [3.05, 3.63) is 76.6 Å². The molecule has 2 aromatic carbocycles. The van der Waals surface area contributed by atoms with E-state index in [9.17, 15) is 17.6 Å². The Hall–Kier alpha value is -2.75. The molecule has 2 aromatic rings. The minimum Gasteiger partial charge on any atom is -0.368 e. The first-order valence-electron chi connectivity index (χ1n) is 9.94. The Morgan fingerprint density at radius 1 is 1.28 bits per heavy atom. The molecule has 0 unspecified atom stereocenters.